The number of carbonyl (C=O) groups excluding carboxylic acids is 2. The van der Waals surface area contributed by atoms with E-state index in [4.69, 9.17) is 9.47 Å². The molecule has 0 radical (unpaired) electrons. The molecule has 8 nitrogen and oxygen atoms in total. The molecule has 2 aliphatic rings. The average molecular weight is 467 g/mol. The van der Waals surface area contributed by atoms with Crippen molar-refractivity contribution in [1.29, 1.82) is 0 Å². The lowest BCUT2D eigenvalue weighted by molar-refractivity contribution is -0.170. The van der Waals surface area contributed by atoms with Crippen molar-refractivity contribution in [2.24, 2.45) is 0 Å². The number of hydrogen-bond donors (Lipinski definition) is 2. The number of methoxy groups -OCH3 is 1. The highest BCUT2D eigenvalue weighted by Gasteiger charge is 2.42. The fourth-order valence-corrected chi connectivity index (χ4v) is 4.86. The Kier molecular flexibility index (Phi) is 7.17. The number of nitrogens with zero attached hydrogens (tertiary/aromatic N) is 1. The molecule has 34 heavy (non-hydrogen) atoms. The minimum Gasteiger partial charge on any atom is -0.479 e. The molecular formula is C26H30N2O6. The predicted octanol–water partition coefficient (Wildman–Crippen LogP) is 3.40. The van der Waals surface area contributed by atoms with E-state index in [1.807, 2.05) is 24.3 Å². The maximum atomic E-state index is 12.4. The number of carbonyl (C=O) groups is 3. The number of fused-ring (bicyclic) bond motifs is 3. The number of ether oxygens (including phenoxy) is 2. The molecule has 2 aromatic rings. The van der Waals surface area contributed by atoms with Gasteiger partial charge in [0.25, 0.3) is 0 Å². The van der Waals surface area contributed by atoms with Gasteiger partial charge in [-0.25, -0.2) is 9.59 Å². The fourth-order valence-electron chi connectivity index (χ4n) is 4.86. The van der Waals surface area contributed by atoms with E-state index in [2.05, 4.69) is 29.6 Å². The van der Waals surface area contributed by atoms with Crippen LogP contribution in [0.15, 0.2) is 48.5 Å². The second kappa shape index (κ2) is 10.3. The molecule has 1 heterocycles. The predicted molar refractivity (Wildman–Crippen MR) is 125 cm³/mol. The monoisotopic (exact) mass is 466 g/mol. The number of rotatable bonds is 8. The lowest BCUT2D eigenvalue weighted by atomic mass is 9.91. The van der Waals surface area contributed by atoms with Crippen molar-refractivity contribution in [3.8, 4) is 11.1 Å². The molecular weight excluding hydrogens is 436 g/mol. The molecule has 0 unspecified atom stereocenters. The van der Waals surface area contributed by atoms with Gasteiger partial charge in [-0.15, -0.1) is 0 Å². The van der Waals surface area contributed by atoms with Gasteiger partial charge in [0.2, 0.25) is 5.91 Å². The van der Waals surface area contributed by atoms with E-state index >= 15 is 0 Å². The normalized spacial score (nSPS) is 16.4. The third-order valence-electron chi connectivity index (χ3n) is 6.88. The summed E-state index contributed by atoms with van der Waals surface area (Å²) in [7, 11) is 1.39. The summed E-state index contributed by atoms with van der Waals surface area (Å²) in [6, 6.07) is 16.3. The first-order valence-electron chi connectivity index (χ1n) is 11.6. The first-order valence-corrected chi connectivity index (χ1v) is 11.6. The van der Waals surface area contributed by atoms with E-state index in [9.17, 15) is 19.5 Å². The number of nitrogens with one attached hydrogen (secondary N) is 1. The number of hydrogen-bond acceptors (Lipinski definition) is 5. The molecule has 0 spiro atoms. The van der Waals surface area contributed by atoms with Crippen LogP contribution in [-0.2, 0) is 19.1 Å². The Bertz CT molecular complexity index is 1020. The van der Waals surface area contributed by atoms with Crippen LogP contribution in [0.1, 0.15) is 42.7 Å². The summed E-state index contributed by atoms with van der Waals surface area (Å²) < 4.78 is 10.7. The topological polar surface area (TPSA) is 105 Å². The van der Waals surface area contributed by atoms with Crippen molar-refractivity contribution in [2.45, 2.75) is 37.2 Å². The largest absolute Gasteiger partial charge is 0.479 e. The second-order valence-electron chi connectivity index (χ2n) is 8.74. The Morgan fingerprint density at radius 1 is 1.03 bits per heavy atom. The van der Waals surface area contributed by atoms with Crippen molar-refractivity contribution >= 4 is 18.0 Å². The lowest BCUT2D eigenvalue weighted by Gasteiger charge is -2.37. The number of aliphatic carboxylic acids is 1. The Hall–Kier alpha value is -3.39. The molecule has 0 saturated carbocycles. The van der Waals surface area contributed by atoms with Gasteiger partial charge in [0.15, 0.2) is 5.60 Å². The molecule has 0 aromatic heterocycles. The van der Waals surface area contributed by atoms with Gasteiger partial charge in [-0.2, -0.15) is 0 Å². The van der Waals surface area contributed by atoms with Gasteiger partial charge in [0, 0.05) is 51.9 Å². The molecule has 1 aliphatic heterocycles. The van der Waals surface area contributed by atoms with E-state index in [-0.39, 0.29) is 37.7 Å². The van der Waals surface area contributed by atoms with Gasteiger partial charge in [-0.1, -0.05) is 48.5 Å². The van der Waals surface area contributed by atoms with E-state index in [1.54, 1.807) is 4.90 Å². The zero-order chi connectivity index (χ0) is 24.1. The SMILES string of the molecule is COC1(C(=O)O)CCN(C(=O)CCCNC(=O)OCC2c3ccccc3-c3ccccc32)CC1. The summed E-state index contributed by atoms with van der Waals surface area (Å²) in [4.78, 5) is 37.8. The molecule has 2 amide bonds. The number of benzene rings is 2. The highest BCUT2D eigenvalue weighted by molar-refractivity contribution is 5.80. The maximum Gasteiger partial charge on any atom is 0.407 e. The summed E-state index contributed by atoms with van der Waals surface area (Å²) in [5.41, 5.74) is 3.46. The average Bonchev–Trinajstić information content (AvgIpc) is 3.19. The van der Waals surface area contributed by atoms with E-state index in [0.717, 1.165) is 11.1 Å². The third-order valence-corrected chi connectivity index (χ3v) is 6.88. The van der Waals surface area contributed by atoms with E-state index < -0.39 is 17.7 Å². The number of amides is 2. The molecule has 1 fully saturated rings. The van der Waals surface area contributed by atoms with Crippen LogP contribution in [0.4, 0.5) is 4.79 Å². The van der Waals surface area contributed by atoms with Crippen LogP contribution >= 0.6 is 0 Å². The molecule has 0 bridgehead atoms. The summed E-state index contributed by atoms with van der Waals surface area (Å²) in [5, 5.41) is 12.1. The minimum atomic E-state index is -1.21. The first-order chi connectivity index (χ1) is 16.4. The third kappa shape index (κ3) is 4.77. The Labute approximate surface area is 198 Å². The molecule has 180 valence electrons. The summed E-state index contributed by atoms with van der Waals surface area (Å²) in [6.07, 6.45) is 0.786. The van der Waals surface area contributed by atoms with Crippen LogP contribution in [0.25, 0.3) is 11.1 Å². The fraction of sp³-hybridized carbons (Fsp3) is 0.423. The smallest absolute Gasteiger partial charge is 0.407 e. The molecule has 0 atom stereocenters. The van der Waals surface area contributed by atoms with Crippen LogP contribution in [0.5, 0.6) is 0 Å². The van der Waals surface area contributed by atoms with Crippen LogP contribution in [0, 0.1) is 0 Å². The number of likely N-dealkylation sites (tertiary alicyclic amines) is 1. The van der Waals surface area contributed by atoms with Gasteiger partial charge in [0.05, 0.1) is 0 Å². The summed E-state index contributed by atoms with van der Waals surface area (Å²) in [6.45, 7) is 1.27. The summed E-state index contributed by atoms with van der Waals surface area (Å²) in [5.74, 6) is -1.04. The van der Waals surface area contributed by atoms with Crippen molar-refractivity contribution in [3.63, 3.8) is 0 Å². The number of carboxylic acids is 1. The Morgan fingerprint density at radius 3 is 2.18 bits per heavy atom. The van der Waals surface area contributed by atoms with Gasteiger partial charge < -0.3 is 24.8 Å². The van der Waals surface area contributed by atoms with Crippen LogP contribution in [0.2, 0.25) is 0 Å². The maximum absolute atomic E-state index is 12.4. The van der Waals surface area contributed by atoms with E-state index in [1.165, 1.54) is 18.2 Å². The minimum absolute atomic E-state index is 0.00357. The van der Waals surface area contributed by atoms with Gasteiger partial charge in [-0.3, -0.25) is 4.79 Å². The number of carboxylic acid groups (broad SMARTS) is 1. The quantitative estimate of drug-likeness (QED) is 0.578. The number of piperidine rings is 1. The highest BCUT2D eigenvalue weighted by atomic mass is 16.5. The van der Waals surface area contributed by atoms with Gasteiger partial charge in [0.1, 0.15) is 6.61 Å². The first kappa shape index (κ1) is 23.8. The molecule has 2 N–H and O–H groups in total. The molecule has 2 aromatic carbocycles. The van der Waals surface area contributed by atoms with Crippen molar-refractivity contribution in [1.82, 2.24) is 10.2 Å². The lowest BCUT2D eigenvalue weighted by Crippen LogP contribution is -2.52. The Balaban J connectivity index is 1.19. The van der Waals surface area contributed by atoms with Crippen molar-refractivity contribution in [3.05, 3.63) is 59.7 Å². The van der Waals surface area contributed by atoms with Crippen LogP contribution in [-0.4, -0.2) is 66.9 Å². The van der Waals surface area contributed by atoms with Gasteiger partial charge in [-0.05, 0) is 28.7 Å². The van der Waals surface area contributed by atoms with Crippen molar-refractivity contribution < 1.29 is 29.0 Å². The number of alkyl carbamates (subject to hydrolysis) is 1. The molecule has 1 saturated heterocycles. The summed E-state index contributed by atoms with van der Waals surface area (Å²) >= 11 is 0. The van der Waals surface area contributed by atoms with Crippen molar-refractivity contribution in [2.75, 3.05) is 33.4 Å². The Morgan fingerprint density at radius 2 is 1.62 bits per heavy atom. The van der Waals surface area contributed by atoms with Crippen LogP contribution in [0.3, 0.4) is 0 Å². The highest BCUT2D eigenvalue weighted by Crippen LogP contribution is 2.44. The standard InChI is InChI=1S/C26H30N2O6/c1-33-26(24(30)31)12-15-28(16-13-26)23(29)11-6-14-27-25(32)34-17-22-20-9-4-2-7-18(20)19-8-3-5-10-21(19)22/h2-5,7-10,22H,6,11-17H2,1H3,(H,27,32)(H,30,31). The molecule has 1 aliphatic carbocycles. The second-order valence-corrected chi connectivity index (χ2v) is 8.74. The van der Waals surface area contributed by atoms with Gasteiger partial charge >= 0.3 is 12.1 Å². The van der Waals surface area contributed by atoms with Crippen LogP contribution < -0.4 is 5.32 Å². The molecule has 8 heteroatoms. The molecule has 4 rings (SSSR count). The van der Waals surface area contributed by atoms with E-state index in [0.29, 0.717) is 26.1 Å². The zero-order valence-corrected chi connectivity index (χ0v) is 19.3. The zero-order valence-electron chi connectivity index (χ0n) is 19.3.